The van der Waals surface area contributed by atoms with E-state index in [-0.39, 0.29) is 22.1 Å². The largest absolute Gasteiger partial charge is 0.518 e. The molecule has 0 rings (SSSR count). The molecule has 3 nitrogen and oxygen atoms in total. The summed E-state index contributed by atoms with van der Waals surface area (Å²) in [4.78, 5) is 16.6. The fourth-order valence-electron chi connectivity index (χ4n) is 1.78. The molecule has 0 amide bonds. The molecule has 0 radical (unpaired) electrons. The van der Waals surface area contributed by atoms with Gasteiger partial charge >= 0.3 is 5.97 Å². The zero-order chi connectivity index (χ0) is 18.7. The van der Waals surface area contributed by atoms with Gasteiger partial charge in [-0.25, -0.2) is 0 Å². The average Bonchev–Trinajstić information content (AvgIpc) is 2.30. The van der Waals surface area contributed by atoms with Crippen LogP contribution < -0.4 is 4.98 Å². The Hall–Kier alpha value is -0.136. The molecule has 0 aliphatic carbocycles. The second-order valence-corrected chi connectivity index (χ2v) is 19.7. The number of unbranched alkanes of at least 4 members (excludes halogenated alkanes) is 1. The lowest BCUT2D eigenvalue weighted by Crippen LogP contribution is -2.59. The first-order chi connectivity index (χ1) is 10.0. The van der Waals surface area contributed by atoms with Crippen LogP contribution in [0.15, 0.2) is 0 Å². The van der Waals surface area contributed by atoms with Crippen molar-refractivity contribution in [1.29, 1.82) is 0 Å². The van der Waals surface area contributed by atoms with Crippen LogP contribution in [0.5, 0.6) is 0 Å². The van der Waals surface area contributed by atoms with E-state index in [9.17, 15) is 4.79 Å². The molecule has 1 unspecified atom stereocenters. The summed E-state index contributed by atoms with van der Waals surface area (Å²) in [5, 5.41) is 0.254. The monoisotopic (exact) mass is 359 g/mol. The molecule has 5 heteroatoms. The highest BCUT2D eigenvalue weighted by atomic mass is 28.4. The summed E-state index contributed by atoms with van der Waals surface area (Å²) in [6.45, 7) is 24.4. The van der Waals surface area contributed by atoms with Gasteiger partial charge in [-0.2, -0.15) is 0 Å². The SMILES string of the molecule is CCCCC(N[Si](C)(C)C(C)(C)C)C(=O)O[Si](C)(C)C(C)(C)C. The Labute approximate surface area is 147 Å². The van der Waals surface area contributed by atoms with Gasteiger partial charge in [-0.05, 0) is 29.6 Å². The van der Waals surface area contributed by atoms with Crippen LogP contribution >= 0.6 is 0 Å². The van der Waals surface area contributed by atoms with Gasteiger partial charge in [0.1, 0.15) is 8.24 Å². The summed E-state index contributed by atoms with van der Waals surface area (Å²) in [7, 11) is -3.80. The highest BCUT2D eigenvalue weighted by Crippen LogP contribution is 2.38. The van der Waals surface area contributed by atoms with Gasteiger partial charge in [-0.1, -0.05) is 74.4 Å². The molecule has 1 atom stereocenters. The lowest BCUT2D eigenvalue weighted by Gasteiger charge is -2.41. The van der Waals surface area contributed by atoms with Crippen molar-refractivity contribution in [3.63, 3.8) is 0 Å². The Kier molecular flexibility index (Phi) is 7.78. The third-order valence-electron chi connectivity index (χ3n) is 5.70. The maximum Gasteiger partial charge on any atom is 0.309 e. The molecule has 0 aromatic carbocycles. The zero-order valence-corrected chi connectivity index (χ0v) is 19.5. The molecule has 0 fully saturated rings. The minimum absolute atomic E-state index is 0.0325. The number of hydrogen-bond acceptors (Lipinski definition) is 3. The minimum Gasteiger partial charge on any atom is -0.518 e. The Bertz CT molecular complexity index is 393. The highest BCUT2D eigenvalue weighted by molar-refractivity contribution is 6.78. The van der Waals surface area contributed by atoms with E-state index in [0.29, 0.717) is 0 Å². The summed E-state index contributed by atoms with van der Waals surface area (Å²) in [6.07, 6.45) is 3.03. The maximum absolute atomic E-state index is 12.9. The van der Waals surface area contributed by atoms with Crippen molar-refractivity contribution in [2.45, 2.75) is 110 Å². The summed E-state index contributed by atoms with van der Waals surface area (Å²) in [5.41, 5.74) is 0. The van der Waals surface area contributed by atoms with Gasteiger partial charge in [0, 0.05) is 0 Å². The van der Waals surface area contributed by atoms with Gasteiger partial charge in [0.2, 0.25) is 0 Å². The summed E-state index contributed by atoms with van der Waals surface area (Å²) < 4.78 is 6.08. The second-order valence-electron chi connectivity index (χ2n) is 9.90. The van der Waals surface area contributed by atoms with Crippen molar-refractivity contribution < 1.29 is 9.22 Å². The number of nitrogens with one attached hydrogen (secondary N) is 1. The zero-order valence-electron chi connectivity index (χ0n) is 17.5. The average molecular weight is 360 g/mol. The summed E-state index contributed by atoms with van der Waals surface area (Å²) in [5.74, 6) is -0.0325. The van der Waals surface area contributed by atoms with Crippen molar-refractivity contribution in [3.8, 4) is 0 Å². The highest BCUT2D eigenvalue weighted by Gasteiger charge is 2.43. The smallest absolute Gasteiger partial charge is 0.309 e. The molecule has 0 aromatic rings. The van der Waals surface area contributed by atoms with Crippen molar-refractivity contribution in [2.24, 2.45) is 0 Å². The normalized spacial score (nSPS) is 15.4. The van der Waals surface area contributed by atoms with Crippen LogP contribution in [-0.2, 0) is 9.22 Å². The van der Waals surface area contributed by atoms with Crippen LogP contribution in [0.3, 0.4) is 0 Å². The van der Waals surface area contributed by atoms with Gasteiger partial charge in [-0.15, -0.1) is 0 Å². The fourth-order valence-corrected chi connectivity index (χ4v) is 4.30. The lowest BCUT2D eigenvalue weighted by molar-refractivity contribution is -0.137. The third kappa shape index (κ3) is 6.71. The standard InChI is InChI=1S/C18H41NO2Si2/c1-12-13-14-15(19-22(8,9)17(2,3)4)16(20)21-23(10,11)18(5,6)7/h15,19H,12-14H2,1-11H3. The molecule has 0 aliphatic heterocycles. The van der Waals surface area contributed by atoms with Crippen LogP contribution in [0, 0.1) is 0 Å². The van der Waals surface area contributed by atoms with E-state index in [1.165, 1.54) is 0 Å². The Balaban J connectivity index is 5.22. The summed E-state index contributed by atoms with van der Waals surface area (Å²) in [6, 6.07) is -0.162. The molecule has 0 spiro atoms. The van der Waals surface area contributed by atoms with E-state index in [2.05, 4.69) is 79.6 Å². The topological polar surface area (TPSA) is 38.3 Å². The number of hydrogen-bond donors (Lipinski definition) is 1. The van der Waals surface area contributed by atoms with Crippen LogP contribution in [0.1, 0.15) is 67.7 Å². The lowest BCUT2D eigenvalue weighted by atomic mass is 10.1. The molecular formula is C18H41NO2Si2. The summed E-state index contributed by atoms with van der Waals surface area (Å²) >= 11 is 0. The molecule has 0 aliphatic rings. The van der Waals surface area contributed by atoms with E-state index in [1.54, 1.807) is 0 Å². The molecule has 0 bridgehead atoms. The number of carbonyl (C=O) groups excluding carboxylic acids is 1. The van der Waals surface area contributed by atoms with E-state index >= 15 is 0 Å². The quantitative estimate of drug-likeness (QED) is 0.593. The van der Waals surface area contributed by atoms with Gasteiger partial charge in [-0.3, -0.25) is 4.79 Å². The van der Waals surface area contributed by atoms with Crippen molar-refractivity contribution in [3.05, 3.63) is 0 Å². The van der Waals surface area contributed by atoms with Crippen molar-refractivity contribution >= 4 is 22.5 Å². The van der Waals surface area contributed by atoms with Gasteiger partial charge in [0.15, 0.2) is 0 Å². The predicted octanol–water partition coefficient (Wildman–Crippen LogP) is 5.69. The van der Waals surface area contributed by atoms with Crippen LogP contribution in [-0.4, -0.2) is 28.6 Å². The molecular weight excluding hydrogens is 318 g/mol. The van der Waals surface area contributed by atoms with E-state index < -0.39 is 16.6 Å². The Morgan fingerprint density at radius 3 is 1.83 bits per heavy atom. The molecule has 138 valence electrons. The Morgan fingerprint density at radius 1 is 1.00 bits per heavy atom. The second kappa shape index (κ2) is 7.83. The van der Waals surface area contributed by atoms with E-state index in [4.69, 9.17) is 4.43 Å². The molecule has 0 heterocycles. The van der Waals surface area contributed by atoms with Crippen LogP contribution in [0.4, 0.5) is 0 Å². The number of carbonyl (C=O) groups is 1. The molecule has 0 saturated heterocycles. The van der Waals surface area contributed by atoms with Gasteiger partial charge in [0.25, 0.3) is 8.32 Å². The van der Waals surface area contributed by atoms with Crippen molar-refractivity contribution in [1.82, 2.24) is 4.98 Å². The first kappa shape index (κ1) is 22.9. The van der Waals surface area contributed by atoms with E-state index in [0.717, 1.165) is 19.3 Å². The first-order valence-electron chi connectivity index (χ1n) is 9.06. The third-order valence-corrected chi connectivity index (χ3v) is 14.8. The number of rotatable bonds is 7. The molecule has 1 N–H and O–H groups in total. The predicted molar refractivity (Wildman–Crippen MR) is 107 cm³/mol. The first-order valence-corrected chi connectivity index (χ1v) is 15.0. The van der Waals surface area contributed by atoms with Gasteiger partial charge < -0.3 is 9.41 Å². The molecule has 0 aromatic heterocycles. The van der Waals surface area contributed by atoms with Crippen LogP contribution in [0.25, 0.3) is 0 Å². The van der Waals surface area contributed by atoms with E-state index in [1.807, 2.05) is 0 Å². The maximum atomic E-state index is 12.9. The van der Waals surface area contributed by atoms with Gasteiger partial charge in [0.05, 0.1) is 6.04 Å². The minimum atomic E-state index is -2.07. The molecule has 0 saturated carbocycles. The Morgan fingerprint density at radius 2 is 1.48 bits per heavy atom. The molecule has 23 heavy (non-hydrogen) atoms. The fraction of sp³-hybridized carbons (Fsp3) is 0.944. The van der Waals surface area contributed by atoms with Crippen molar-refractivity contribution in [2.75, 3.05) is 0 Å². The van der Waals surface area contributed by atoms with Crippen LogP contribution in [0.2, 0.25) is 36.3 Å².